The van der Waals surface area contributed by atoms with Crippen molar-refractivity contribution in [2.45, 2.75) is 31.0 Å². The Labute approximate surface area is 113 Å². The molecule has 2 rings (SSSR count). The van der Waals surface area contributed by atoms with Crippen molar-refractivity contribution < 1.29 is 5.11 Å². The average molecular weight is 289 g/mol. The molecular formula is C11H13ClN2OS2. The fraction of sp³-hybridized carbons (Fsp3) is 0.455. The van der Waals surface area contributed by atoms with E-state index in [1.807, 2.05) is 18.4 Å². The van der Waals surface area contributed by atoms with Crippen LogP contribution in [0.1, 0.15) is 19.7 Å². The Bertz CT molecular complexity index is 515. The Kier molecular flexibility index (Phi) is 4.25. The second kappa shape index (κ2) is 5.52. The number of thiophene rings is 1. The molecule has 0 spiro atoms. The van der Waals surface area contributed by atoms with E-state index < -0.39 is 0 Å². The van der Waals surface area contributed by atoms with Gasteiger partial charge in [0.25, 0.3) is 0 Å². The first-order valence-corrected chi connectivity index (χ1v) is 7.58. The zero-order chi connectivity index (χ0) is 12.4. The second-order valence-electron chi connectivity index (χ2n) is 3.83. The number of thioether (sulfide) groups is 1. The highest BCUT2D eigenvalue weighted by atomic mass is 35.5. The first-order chi connectivity index (χ1) is 8.08. The average Bonchev–Trinajstić information content (AvgIpc) is 2.74. The monoisotopic (exact) mass is 288 g/mol. The summed E-state index contributed by atoms with van der Waals surface area (Å²) < 4.78 is 0. The number of hydrogen-bond donors (Lipinski definition) is 1. The lowest BCUT2D eigenvalue weighted by Gasteiger charge is -2.13. The molecule has 3 nitrogen and oxygen atoms in total. The molecule has 0 saturated heterocycles. The highest BCUT2D eigenvalue weighted by molar-refractivity contribution is 7.99. The standard InChI is InChI=1S/C11H13ClN2OS2/c1-6(15)7(2)17-5-9-13-10(12)8-3-4-16-11(8)14-9/h3-4,6-7,15H,5H2,1-2H3. The van der Waals surface area contributed by atoms with Gasteiger partial charge in [0.1, 0.15) is 15.8 Å². The summed E-state index contributed by atoms with van der Waals surface area (Å²) in [5, 5.41) is 13.0. The molecule has 0 radical (unpaired) electrons. The Morgan fingerprint density at radius 3 is 2.94 bits per heavy atom. The quantitative estimate of drug-likeness (QED) is 0.877. The third-order valence-electron chi connectivity index (χ3n) is 2.48. The van der Waals surface area contributed by atoms with Crippen LogP contribution < -0.4 is 0 Å². The third-order valence-corrected chi connectivity index (χ3v) is 4.92. The molecule has 1 N–H and O–H groups in total. The van der Waals surface area contributed by atoms with Crippen LogP contribution in [0.2, 0.25) is 5.15 Å². The van der Waals surface area contributed by atoms with Crippen LogP contribution >= 0.6 is 34.7 Å². The van der Waals surface area contributed by atoms with Crippen molar-refractivity contribution in [3.05, 3.63) is 22.4 Å². The minimum Gasteiger partial charge on any atom is -0.392 e. The van der Waals surface area contributed by atoms with Crippen LogP contribution in [0, 0.1) is 0 Å². The lowest BCUT2D eigenvalue weighted by Crippen LogP contribution is -2.15. The highest BCUT2D eigenvalue weighted by Crippen LogP contribution is 2.26. The van der Waals surface area contributed by atoms with Crippen molar-refractivity contribution in [2.24, 2.45) is 0 Å². The van der Waals surface area contributed by atoms with E-state index in [4.69, 9.17) is 11.6 Å². The molecule has 0 amide bonds. The molecule has 2 aromatic rings. The van der Waals surface area contributed by atoms with Gasteiger partial charge in [-0.05, 0) is 18.4 Å². The topological polar surface area (TPSA) is 46.0 Å². The van der Waals surface area contributed by atoms with E-state index in [1.165, 1.54) is 0 Å². The van der Waals surface area contributed by atoms with Gasteiger partial charge in [-0.15, -0.1) is 23.1 Å². The minimum absolute atomic E-state index is 0.163. The molecule has 0 bridgehead atoms. The maximum atomic E-state index is 9.41. The SMILES string of the molecule is CC(O)C(C)SCc1nc(Cl)c2ccsc2n1. The lowest BCUT2D eigenvalue weighted by molar-refractivity contribution is 0.196. The van der Waals surface area contributed by atoms with Crippen molar-refractivity contribution in [3.63, 3.8) is 0 Å². The number of halogens is 1. The van der Waals surface area contributed by atoms with E-state index in [2.05, 4.69) is 9.97 Å². The summed E-state index contributed by atoms with van der Waals surface area (Å²) in [7, 11) is 0. The van der Waals surface area contributed by atoms with Gasteiger partial charge in [-0.3, -0.25) is 0 Å². The summed E-state index contributed by atoms with van der Waals surface area (Å²) in [6.45, 7) is 3.77. The molecule has 0 aliphatic rings. The molecule has 92 valence electrons. The molecule has 2 unspecified atom stereocenters. The second-order valence-corrected chi connectivity index (χ2v) is 6.44. The summed E-state index contributed by atoms with van der Waals surface area (Å²) in [5.41, 5.74) is 0. The molecule has 2 atom stereocenters. The minimum atomic E-state index is -0.332. The molecule has 2 aromatic heterocycles. The number of nitrogens with zero attached hydrogens (tertiary/aromatic N) is 2. The van der Waals surface area contributed by atoms with E-state index in [0.29, 0.717) is 10.9 Å². The van der Waals surface area contributed by atoms with Gasteiger partial charge < -0.3 is 5.11 Å². The van der Waals surface area contributed by atoms with Gasteiger partial charge in [-0.2, -0.15) is 0 Å². The fourth-order valence-corrected chi connectivity index (χ4v) is 3.18. The summed E-state index contributed by atoms with van der Waals surface area (Å²) >= 11 is 9.27. The van der Waals surface area contributed by atoms with Crippen molar-refractivity contribution in [1.29, 1.82) is 0 Å². The highest BCUT2D eigenvalue weighted by Gasteiger charge is 2.12. The smallest absolute Gasteiger partial charge is 0.141 e. The van der Waals surface area contributed by atoms with Gasteiger partial charge in [0, 0.05) is 10.6 Å². The molecule has 0 fully saturated rings. The molecule has 6 heteroatoms. The van der Waals surface area contributed by atoms with Gasteiger partial charge in [0.2, 0.25) is 0 Å². The first kappa shape index (κ1) is 13.1. The van der Waals surface area contributed by atoms with E-state index in [1.54, 1.807) is 30.0 Å². The number of hydrogen-bond acceptors (Lipinski definition) is 5. The predicted molar refractivity (Wildman–Crippen MR) is 74.9 cm³/mol. The van der Waals surface area contributed by atoms with Crippen LogP contribution in [0.5, 0.6) is 0 Å². The van der Waals surface area contributed by atoms with Crippen molar-refractivity contribution in [3.8, 4) is 0 Å². The van der Waals surface area contributed by atoms with Gasteiger partial charge in [-0.1, -0.05) is 18.5 Å². The maximum Gasteiger partial charge on any atom is 0.141 e. The van der Waals surface area contributed by atoms with Gasteiger partial charge in [0.15, 0.2) is 0 Å². The van der Waals surface area contributed by atoms with Crippen molar-refractivity contribution >= 4 is 44.9 Å². The van der Waals surface area contributed by atoms with E-state index in [9.17, 15) is 5.11 Å². The Hall–Kier alpha value is -0.360. The summed E-state index contributed by atoms with van der Waals surface area (Å²) in [6, 6.07) is 1.93. The lowest BCUT2D eigenvalue weighted by atomic mass is 10.3. The number of fused-ring (bicyclic) bond motifs is 1. The molecule has 0 aliphatic heterocycles. The van der Waals surface area contributed by atoms with Crippen LogP contribution in [0.4, 0.5) is 0 Å². The molecule has 0 saturated carbocycles. The zero-order valence-corrected chi connectivity index (χ0v) is 11.9. The Morgan fingerprint density at radius 1 is 1.47 bits per heavy atom. The normalized spacial score (nSPS) is 15.1. The van der Waals surface area contributed by atoms with E-state index in [-0.39, 0.29) is 11.4 Å². The van der Waals surface area contributed by atoms with E-state index in [0.717, 1.165) is 16.0 Å². The first-order valence-electron chi connectivity index (χ1n) is 5.27. The van der Waals surface area contributed by atoms with Crippen LogP contribution in [0.15, 0.2) is 11.4 Å². The van der Waals surface area contributed by atoms with Crippen LogP contribution in [-0.4, -0.2) is 26.4 Å². The summed E-state index contributed by atoms with van der Waals surface area (Å²) in [4.78, 5) is 9.63. The predicted octanol–water partition coefficient (Wildman–Crippen LogP) is 3.35. The van der Waals surface area contributed by atoms with Gasteiger partial charge in [0.05, 0.1) is 11.9 Å². The molecule has 17 heavy (non-hydrogen) atoms. The number of aromatic nitrogens is 2. The van der Waals surface area contributed by atoms with Crippen LogP contribution in [0.3, 0.4) is 0 Å². The molecule has 0 aliphatic carbocycles. The zero-order valence-electron chi connectivity index (χ0n) is 9.55. The molecule has 0 aromatic carbocycles. The molecule has 2 heterocycles. The largest absolute Gasteiger partial charge is 0.392 e. The summed E-state index contributed by atoms with van der Waals surface area (Å²) in [6.07, 6.45) is -0.332. The van der Waals surface area contributed by atoms with Crippen molar-refractivity contribution in [1.82, 2.24) is 9.97 Å². The Morgan fingerprint density at radius 2 is 2.24 bits per heavy atom. The Balaban J connectivity index is 2.13. The van der Waals surface area contributed by atoms with Crippen LogP contribution in [0.25, 0.3) is 10.2 Å². The van der Waals surface area contributed by atoms with Gasteiger partial charge in [-0.25, -0.2) is 9.97 Å². The fourth-order valence-electron chi connectivity index (χ4n) is 1.27. The van der Waals surface area contributed by atoms with E-state index >= 15 is 0 Å². The number of aliphatic hydroxyl groups excluding tert-OH is 1. The van der Waals surface area contributed by atoms with Gasteiger partial charge >= 0.3 is 0 Å². The van der Waals surface area contributed by atoms with Crippen molar-refractivity contribution in [2.75, 3.05) is 0 Å². The molecular weight excluding hydrogens is 276 g/mol. The number of aliphatic hydroxyl groups is 1. The third kappa shape index (κ3) is 3.10. The summed E-state index contributed by atoms with van der Waals surface area (Å²) in [5.74, 6) is 1.39. The number of rotatable bonds is 4. The van der Waals surface area contributed by atoms with Crippen LogP contribution in [-0.2, 0) is 5.75 Å². The maximum absolute atomic E-state index is 9.41.